The summed E-state index contributed by atoms with van der Waals surface area (Å²) in [5, 5.41) is 11.6. The van der Waals surface area contributed by atoms with Crippen LogP contribution in [0.2, 0.25) is 5.02 Å². The molecule has 0 aliphatic heterocycles. The lowest BCUT2D eigenvalue weighted by Crippen LogP contribution is -2.11. The van der Waals surface area contributed by atoms with Crippen LogP contribution in [0.3, 0.4) is 0 Å². The van der Waals surface area contributed by atoms with Gasteiger partial charge in [-0.3, -0.25) is 0 Å². The van der Waals surface area contributed by atoms with Gasteiger partial charge in [-0.15, -0.1) is 0 Å². The Labute approximate surface area is 97.7 Å². The molecule has 77 valence electrons. The van der Waals surface area contributed by atoms with Gasteiger partial charge in [0.25, 0.3) is 0 Å². The van der Waals surface area contributed by atoms with Crippen LogP contribution in [-0.4, -0.2) is 12.5 Å². The smallest absolute Gasteiger partial charge is 0.326 e. The third-order valence-corrected chi connectivity index (χ3v) is 2.84. The quantitative estimate of drug-likeness (QED) is 0.650. The number of fused-ring (bicyclic) bond motifs is 3. The monoisotopic (exact) mass is 229 g/mol. The molecule has 0 amide bonds. The van der Waals surface area contributed by atoms with Crippen LogP contribution in [0.4, 0.5) is 0 Å². The molecule has 1 N–H and O–H groups in total. The average Bonchev–Trinajstić information content (AvgIpc) is 2.66. The predicted molar refractivity (Wildman–Crippen MR) is 66.3 cm³/mol. The first-order chi connectivity index (χ1) is 7.78. The van der Waals surface area contributed by atoms with Crippen molar-refractivity contribution < 1.29 is 9.44 Å². The molecule has 2 nitrogen and oxygen atoms in total. The molecule has 1 aromatic heterocycles. The summed E-state index contributed by atoms with van der Waals surface area (Å²) in [7, 11) is 1.06. The van der Waals surface area contributed by atoms with Crippen LogP contribution in [0, 0.1) is 0 Å². The van der Waals surface area contributed by atoms with Gasteiger partial charge in [-0.05, 0) is 29.7 Å². The Kier molecular flexibility index (Phi) is 2.16. The minimum atomic E-state index is 0.688. The normalized spacial score (nSPS) is 11.1. The van der Waals surface area contributed by atoms with Crippen molar-refractivity contribution in [1.29, 1.82) is 0 Å². The number of hydrogen-bond donors (Lipinski definition) is 1. The van der Waals surface area contributed by atoms with Crippen LogP contribution in [0.1, 0.15) is 0 Å². The molecule has 0 fully saturated rings. The summed E-state index contributed by atoms with van der Waals surface area (Å²) in [6.07, 6.45) is 0. The van der Waals surface area contributed by atoms with E-state index < -0.39 is 0 Å². The van der Waals surface area contributed by atoms with Gasteiger partial charge in [0.05, 0.1) is 0 Å². The fourth-order valence-corrected chi connectivity index (χ4v) is 2.02. The third-order valence-electron chi connectivity index (χ3n) is 2.61. The highest BCUT2D eigenvalue weighted by molar-refractivity contribution is 6.46. The first-order valence-electron chi connectivity index (χ1n) is 4.87. The molecule has 4 heteroatoms. The summed E-state index contributed by atoms with van der Waals surface area (Å²) in [6, 6.07) is 11.1. The van der Waals surface area contributed by atoms with E-state index >= 15 is 0 Å². The second-order valence-corrected chi connectivity index (χ2v) is 4.06. The van der Waals surface area contributed by atoms with Gasteiger partial charge < -0.3 is 9.44 Å². The molecule has 0 bridgehead atoms. The first-order valence-corrected chi connectivity index (χ1v) is 5.25. The summed E-state index contributed by atoms with van der Waals surface area (Å²) in [5.74, 6) is 0. The van der Waals surface area contributed by atoms with Gasteiger partial charge in [0.1, 0.15) is 11.2 Å². The summed E-state index contributed by atoms with van der Waals surface area (Å²) in [4.78, 5) is 0. The lowest BCUT2D eigenvalue weighted by molar-refractivity contribution is 0.615. The molecule has 0 saturated carbocycles. The van der Waals surface area contributed by atoms with E-state index in [1.165, 1.54) is 0 Å². The van der Waals surface area contributed by atoms with Crippen LogP contribution < -0.4 is 5.46 Å². The first kappa shape index (κ1) is 9.76. The van der Waals surface area contributed by atoms with E-state index in [9.17, 15) is 0 Å². The third kappa shape index (κ3) is 1.40. The second kappa shape index (κ2) is 3.54. The average molecular weight is 229 g/mol. The molecule has 0 unspecified atom stereocenters. The number of furan rings is 1. The van der Waals surface area contributed by atoms with Gasteiger partial charge in [-0.25, -0.2) is 0 Å². The summed E-state index contributed by atoms with van der Waals surface area (Å²) < 4.78 is 5.66. The van der Waals surface area contributed by atoms with Crippen molar-refractivity contribution in [3.63, 3.8) is 0 Å². The predicted octanol–water partition coefficient (Wildman–Crippen LogP) is 2.48. The van der Waals surface area contributed by atoms with E-state index in [4.69, 9.17) is 21.0 Å². The molecule has 0 atom stereocenters. The summed E-state index contributed by atoms with van der Waals surface area (Å²) in [5.41, 5.74) is 2.27. The zero-order valence-electron chi connectivity index (χ0n) is 8.27. The van der Waals surface area contributed by atoms with Gasteiger partial charge in [0.15, 0.2) is 0 Å². The van der Waals surface area contributed by atoms with Gasteiger partial charge in [0.2, 0.25) is 0 Å². The maximum atomic E-state index is 8.93. The standard InChI is InChI=1S/C12H7BClO2/c14-8-2-4-11-10(6-8)9-3-1-7(13-15)5-12(9)16-11/h1-6,15H. The van der Waals surface area contributed by atoms with Crippen LogP contribution in [0.15, 0.2) is 40.8 Å². The molecular formula is C12H7BClO2. The van der Waals surface area contributed by atoms with E-state index in [0.29, 0.717) is 5.02 Å². The lowest BCUT2D eigenvalue weighted by Gasteiger charge is -1.93. The topological polar surface area (TPSA) is 33.4 Å². The summed E-state index contributed by atoms with van der Waals surface area (Å²) in [6.45, 7) is 0. The maximum absolute atomic E-state index is 8.93. The Morgan fingerprint density at radius 1 is 1.00 bits per heavy atom. The minimum absolute atomic E-state index is 0.688. The largest absolute Gasteiger partial charge is 0.456 e. The van der Waals surface area contributed by atoms with Crippen molar-refractivity contribution in [2.45, 2.75) is 0 Å². The molecule has 3 rings (SSSR count). The highest BCUT2D eigenvalue weighted by atomic mass is 35.5. The molecule has 16 heavy (non-hydrogen) atoms. The van der Waals surface area contributed by atoms with Crippen molar-refractivity contribution >= 4 is 46.5 Å². The number of rotatable bonds is 1. The molecule has 2 aromatic carbocycles. The second-order valence-electron chi connectivity index (χ2n) is 3.63. The van der Waals surface area contributed by atoms with Gasteiger partial charge in [0, 0.05) is 15.8 Å². The van der Waals surface area contributed by atoms with Gasteiger partial charge in [-0.2, -0.15) is 0 Å². The highest BCUT2D eigenvalue weighted by Gasteiger charge is 2.07. The van der Waals surface area contributed by atoms with E-state index in [2.05, 4.69) is 0 Å². The highest BCUT2D eigenvalue weighted by Crippen LogP contribution is 2.29. The molecular weight excluding hydrogens is 222 g/mol. The Balaban J connectivity index is 2.41. The van der Waals surface area contributed by atoms with Crippen LogP contribution in [0.5, 0.6) is 0 Å². The number of benzene rings is 2. The molecule has 0 saturated heterocycles. The van der Waals surface area contributed by atoms with Crippen LogP contribution in [-0.2, 0) is 0 Å². The molecule has 0 spiro atoms. The zero-order valence-corrected chi connectivity index (χ0v) is 9.03. The Morgan fingerprint density at radius 2 is 1.88 bits per heavy atom. The van der Waals surface area contributed by atoms with E-state index in [1.807, 2.05) is 24.3 Å². The fourth-order valence-electron chi connectivity index (χ4n) is 1.85. The van der Waals surface area contributed by atoms with Crippen LogP contribution >= 0.6 is 11.6 Å². The molecule has 3 aromatic rings. The Morgan fingerprint density at radius 3 is 2.69 bits per heavy atom. The van der Waals surface area contributed by atoms with Crippen molar-refractivity contribution in [3.8, 4) is 0 Å². The molecule has 0 aliphatic rings. The molecule has 0 aliphatic carbocycles. The number of halogens is 1. The fraction of sp³-hybridized carbons (Fsp3) is 0. The lowest BCUT2D eigenvalue weighted by atomic mass is 9.88. The minimum Gasteiger partial charge on any atom is -0.456 e. The van der Waals surface area contributed by atoms with E-state index in [1.54, 1.807) is 12.1 Å². The number of hydrogen-bond acceptors (Lipinski definition) is 2. The molecule has 1 heterocycles. The van der Waals surface area contributed by atoms with E-state index in [0.717, 1.165) is 34.9 Å². The molecule has 1 radical (unpaired) electrons. The van der Waals surface area contributed by atoms with Gasteiger partial charge >= 0.3 is 7.48 Å². The van der Waals surface area contributed by atoms with Crippen molar-refractivity contribution in [2.24, 2.45) is 0 Å². The van der Waals surface area contributed by atoms with Crippen molar-refractivity contribution in [3.05, 3.63) is 41.4 Å². The Bertz CT molecular complexity index is 675. The van der Waals surface area contributed by atoms with Crippen molar-refractivity contribution in [1.82, 2.24) is 0 Å². The Hall–Kier alpha value is -1.45. The summed E-state index contributed by atoms with van der Waals surface area (Å²) >= 11 is 5.95. The van der Waals surface area contributed by atoms with Crippen LogP contribution in [0.25, 0.3) is 21.9 Å². The maximum Gasteiger partial charge on any atom is 0.326 e. The zero-order chi connectivity index (χ0) is 11.1. The van der Waals surface area contributed by atoms with E-state index in [-0.39, 0.29) is 0 Å². The van der Waals surface area contributed by atoms with Crippen molar-refractivity contribution in [2.75, 3.05) is 0 Å². The SMILES string of the molecule is O[B]c1ccc2c(c1)oc1ccc(Cl)cc12. The van der Waals surface area contributed by atoms with Gasteiger partial charge in [-0.1, -0.05) is 23.7 Å².